The number of anilines is 2. The Morgan fingerprint density at radius 2 is 1.97 bits per heavy atom. The van der Waals surface area contributed by atoms with Crippen molar-refractivity contribution in [2.45, 2.75) is 38.3 Å². The van der Waals surface area contributed by atoms with Crippen LogP contribution >= 0.6 is 0 Å². The van der Waals surface area contributed by atoms with E-state index in [0.717, 1.165) is 17.7 Å². The molecule has 0 aromatic heterocycles. The second kappa shape index (κ2) is 8.23. The number of hydrogen-bond acceptors (Lipinski definition) is 5. The molecule has 2 aliphatic heterocycles. The Morgan fingerprint density at radius 1 is 1.19 bits per heavy atom. The number of nitrogens with one attached hydrogen (secondary N) is 3. The Hall–Kier alpha value is -3.06. The van der Waals surface area contributed by atoms with Crippen LogP contribution in [0.4, 0.5) is 11.4 Å². The van der Waals surface area contributed by atoms with Crippen LogP contribution in [-0.4, -0.2) is 32.1 Å². The van der Waals surface area contributed by atoms with Gasteiger partial charge in [-0.15, -0.1) is 0 Å². The topological polar surface area (TPSA) is 88.7 Å². The van der Waals surface area contributed by atoms with Gasteiger partial charge in [0.05, 0.1) is 25.8 Å². The molecule has 0 saturated carbocycles. The molecule has 1 spiro atoms. The van der Waals surface area contributed by atoms with Crippen LogP contribution in [0.1, 0.15) is 32.3 Å². The maximum absolute atomic E-state index is 13.6. The van der Waals surface area contributed by atoms with E-state index in [2.05, 4.69) is 29.8 Å². The fourth-order valence-electron chi connectivity index (χ4n) is 4.87. The van der Waals surface area contributed by atoms with Gasteiger partial charge in [0.15, 0.2) is 0 Å². The van der Waals surface area contributed by atoms with Crippen molar-refractivity contribution in [3.63, 3.8) is 0 Å². The summed E-state index contributed by atoms with van der Waals surface area (Å²) < 4.78 is 10.7. The first-order valence-electron chi connectivity index (χ1n) is 10.6. The summed E-state index contributed by atoms with van der Waals surface area (Å²) in [5, 5.41) is 9.50. The minimum Gasteiger partial charge on any atom is -0.497 e. The molecule has 2 aromatic carbocycles. The van der Waals surface area contributed by atoms with Gasteiger partial charge in [-0.05, 0) is 37.0 Å². The molecule has 7 nitrogen and oxygen atoms in total. The van der Waals surface area contributed by atoms with E-state index in [-0.39, 0.29) is 17.9 Å². The number of benzene rings is 2. The molecule has 0 bridgehead atoms. The van der Waals surface area contributed by atoms with Crippen LogP contribution in [-0.2, 0) is 15.1 Å². The largest absolute Gasteiger partial charge is 0.497 e. The van der Waals surface area contributed by atoms with Crippen LogP contribution in [0.5, 0.6) is 11.5 Å². The van der Waals surface area contributed by atoms with Gasteiger partial charge in [-0.25, -0.2) is 0 Å². The van der Waals surface area contributed by atoms with E-state index in [1.807, 2.05) is 24.3 Å². The highest BCUT2D eigenvalue weighted by Crippen LogP contribution is 2.48. The zero-order valence-corrected chi connectivity index (χ0v) is 18.3. The molecule has 3 atom stereocenters. The van der Waals surface area contributed by atoms with Gasteiger partial charge in [0.1, 0.15) is 17.0 Å². The fraction of sp³-hybridized carbons (Fsp3) is 0.417. The highest BCUT2D eigenvalue weighted by molar-refractivity contribution is 6.10. The van der Waals surface area contributed by atoms with Gasteiger partial charge in [0.25, 0.3) is 0 Å². The number of hydrogen-bond donors (Lipinski definition) is 3. The number of methoxy groups -OCH3 is 2. The van der Waals surface area contributed by atoms with Crippen molar-refractivity contribution in [3.8, 4) is 11.5 Å². The van der Waals surface area contributed by atoms with Crippen molar-refractivity contribution >= 4 is 23.2 Å². The Kier molecular flexibility index (Phi) is 5.62. The van der Waals surface area contributed by atoms with E-state index in [1.165, 1.54) is 0 Å². The lowest BCUT2D eigenvalue weighted by Crippen LogP contribution is -2.52. The van der Waals surface area contributed by atoms with Crippen LogP contribution < -0.4 is 25.4 Å². The molecule has 1 saturated heterocycles. The van der Waals surface area contributed by atoms with Gasteiger partial charge >= 0.3 is 0 Å². The second-order valence-electron chi connectivity index (χ2n) is 8.62. The molecule has 1 fully saturated rings. The molecular weight excluding hydrogens is 394 g/mol. The number of ether oxygens (including phenoxy) is 2. The first kappa shape index (κ1) is 21.2. The lowest BCUT2D eigenvalue weighted by atomic mass is 9.79. The minimum absolute atomic E-state index is 0.0554. The predicted molar refractivity (Wildman–Crippen MR) is 119 cm³/mol. The Labute approximate surface area is 182 Å². The zero-order chi connectivity index (χ0) is 22.2. The summed E-state index contributed by atoms with van der Waals surface area (Å²) >= 11 is 0. The van der Waals surface area contributed by atoms with Crippen LogP contribution in [0.2, 0.25) is 0 Å². The van der Waals surface area contributed by atoms with Crippen LogP contribution in [0, 0.1) is 11.8 Å². The van der Waals surface area contributed by atoms with Gasteiger partial charge in [0, 0.05) is 23.4 Å². The van der Waals surface area contributed by atoms with Gasteiger partial charge in [-0.3, -0.25) is 14.9 Å². The van der Waals surface area contributed by atoms with Gasteiger partial charge in [-0.2, -0.15) is 0 Å². The highest BCUT2D eigenvalue weighted by Gasteiger charge is 2.60. The Bertz CT molecular complexity index is 1010. The maximum atomic E-state index is 13.6. The third kappa shape index (κ3) is 3.63. The average Bonchev–Trinajstić information content (AvgIpc) is 3.26. The summed E-state index contributed by atoms with van der Waals surface area (Å²) in [7, 11) is 3.12. The monoisotopic (exact) mass is 423 g/mol. The molecule has 0 aliphatic carbocycles. The summed E-state index contributed by atoms with van der Waals surface area (Å²) in [5.74, 6) is 0.599. The predicted octanol–water partition coefficient (Wildman–Crippen LogP) is 3.51. The highest BCUT2D eigenvalue weighted by atomic mass is 16.5. The number of carbonyl (C=O) groups is 2. The van der Waals surface area contributed by atoms with E-state index in [9.17, 15) is 9.59 Å². The molecule has 31 heavy (non-hydrogen) atoms. The molecule has 2 aliphatic rings. The molecule has 0 unspecified atom stereocenters. The van der Waals surface area contributed by atoms with Crippen molar-refractivity contribution in [1.29, 1.82) is 0 Å². The van der Waals surface area contributed by atoms with Crippen LogP contribution in [0.3, 0.4) is 0 Å². The first-order valence-corrected chi connectivity index (χ1v) is 10.6. The third-order valence-electron chi connectivity index (χ3n) is 6.17. The lowest BCUT2D eigenvalue weighted by Gasteiger charge is -2.29. The van der Waals surface area contributed by atoms with E-state index >= 15 is 0 Å². The number of rotatable bonds is 6. The van der Waals surface area contributed by atoms with Gasteiger partial charge < -0.3 is 20.1 Å². The smallest absolute Gasteiger partial charge is 0.250 e. The summed E-state index contributed by atoms with van der Waals surface area (Å²) in [6.07, 6.45) is 1.45. The Balaban J connectivity index is 1.71. The molecule has 0 radical (unpaired) electrons. The summed E-state index contributed by atoms with van der Waals surface area (Å²) in [6, 6.07) is 12.9. The fourth-order valence-corrected chi connectivity index (χ4v) is 4.87. The number of amides is 2. The van der Waals surface area contributed by atoms with Crippen LogP contribution in [0.25, 0.3) is 0 Å². The van der Waals surface area contributed by atoms with E-state index in [4.69, 9.17) is 9.47 Å². The molecule has 4 rings (SSSR count). The normalized spacial score (nSPS) is 24.2. The minimum atomic E-state index is -1.09. The SMILES string of the molecule is COc1ccc(OC)c(NC(=O)[C@H]2C[C@H](CC(C)C)N[C@]23C(=O)Nc2ccccc23)c1. The van der Waals surface area contributed by atoms with Gasteiger partial charge in [0.2, 0.25) is 11.8 Å². The lowest BCUT2D eigenvalue weighted by molar-refractivity contribution is -0.130. The second-order valence-corrected chi connectivity index (χ2v) is 8.62. The number of carbonyl (C=O) groups excluding carboxylic acids is 2. The molecule has 7 heteroatoms. The van der Waals surface area contributed by atoms with E-state index in [0.29, 0.717) is 29.5 Å². The standard InChI is InChI=1S/C24H29N3O4/c1-14(2)11-15-12-18(22(28)25-20-13-16(30-3)9-10-21(20)31-4)24(27-15)17-7-5-6-8-19(17)26-23(24)29/h5-10,13-15,18,27H,11-12H2,1-4H3,(H,25,28)(H,26,29)/t15-,18+,24-/m0/s1. The molecule has 2 heterocycles. The Morgan fingerprint density at radius 3 is 2.68 bits per heavy atom. The molecule has 2 amide bonds. The van der Waals surface area contributed by atoms with Crippen molar-refractivity contribution < 1.29 is 19.1 Å². The number of para-hydroxylation sites is 1. The first-order chi connectivity index (χ1) is 14.9. The maximum Gasteiger partial charge on any atom is 0.250 e. The van der Waals surface area contributed by atoms with E-state index in [1.54, 1.807) is 32.4 Å². The van der Waals surface area contributed by atoms with Crippen LogP contribution in [0.15, 0.2) is 42.5 Å². The van der Waals surface area contributed by atoms with Crippen molar-refractivity contribution in [3.05, 3.63) is 48.0 Å². The van der Waals surface area contributed by atoms with Crippen molar-refractivity contribution in [2.24, 2.45) is 11.8 Å². The zero-order valence-electron chi connectivity index (χ0n) is 18.3. The number of fused-ring (bicyclic) bond motifs is 2. The summed E-state index contributed by atoms with van der Waals surface area (Å²) in [4.78, 5) is 26.9. The molecule has 164 valence electrons. The molecular formula is C24H29N3O4. The van der Waals surface area contributed by atoms with Crippen molar-refractivity contribution in [2.75, 3.05) is 24.9 Å². The van der Waals surface area contributed by atoms with E-state index < -0.39 is 11.5 Å². The quantitative estimate of drug-likeness (QED) is 0.662. The van der Waals surface area contributed by atoms with Crippen molar-refractivity contribution in [1.82, 2.24) is 5.32 Å². The third-order valence-corrected chi connectivity index (χ3v) is 6.17. The summed E-state index contributed by atoms with van der Waals surface area (Å²) in [5.41, 5.74) is 0.999. The summed E-state index contributed by atoms with van der Waals surface area (Å²) in [6.45, 7) is 4.29. The molecule has 2 aromatic rings. The molecule has 3 N–H and O–H groups in total. The average molecular weight is 424 g/mol. The van der Waals surface area contributed by atoms with Gasteiger partial charge in [-0.1, -0.05) is 32.0 Å².